The molecule has 0 saturated carbocycles. The molecule has 3 heterocycles. The maximum atomic E-state index is 12.6. The highest BCUT2D eigenvalue weighted by atomic mass is 32.1. The molecule has 7 heteroatoms. The zero-order valence-electron chi connectivity index (χ0n) is 16.7. The first-order valence-electron chi connectivity index (χ1n) is 9.80. The second-order valence-electron chi connectivity index (χ2n) is 7.58. The third kappa shape index (κ3) is 3.77. The van der Waals surface area contributed by atoms with Crippen molar-refractivity contribution in [2.24, 2.45) is 0 Å². The van der Waals surface area contributed by atoms with E-state index in [-0.39, 0.29) is 5.91 Å². The van der Waals surface area contributed by atoms with Crippen molar-refractivity contribution in [3.05, 3.63) is 40.8 Å². The van der Waals surface area contributed by atoms with Gasteiger partial charge in [-0.2, -0.15) is 0 Å². The number of nitrogens with one attached hydrogen (secondary N) is 1. The van der Waals surface area contributed by atoms with Gasteiger partial charge in [-0.25, -0.2) is 4.98 Å². The average molecular weight is 398 g/mol. The number of hydrogen-bond donors (Lipinski definition) is 1. The zero-order valence-corrected chi connectivity index (χ0v) is 17.6. The van der Waals surface area contributed by atoms with Gasteiger partial charge in [-0.15, -0.1) is 11.3 Å². The summed E-state index contributed by atoms with van der Waals surface area (Å²) in [7, 11) is 3.98. The molecular formula is C21H27N5OS. The van der Waals surface area contributed by atoms with Crippen LogP contribution in [0.3, 0.4) is 0 Å². The molecule has 3 aromatic rings. The summed E-state index contributed by atoms with van der Waals surface area (Å²) < 4.78 is 2.13. The molecule has 0 atom stereocenters. The molecule has 4 rings (SSSR count). The minimum Gasteiger partial charge on any atom is -0.350 e. The summed E-state index contributed by atoms with van der Waals surface area (Å²) in [5.74, 6) is 0.857. The molecule has 1 aromatic carbocycles. The molecule has 1 saturated heterocycles. The van der Waals surface area contributed by atoms with Crippen LogP contribution in [0.15, 0.2) is 30.3 Å². The van der Waals surface area contributed by atoms with E-state index >= 15 is 0 Å². The number of nitrogens with zero attached hydrogens (tertiary/aromatic N) is 4. The second-order valence-corrected chi connectivity index (χ2v) is 8.61. The van der Waals surface area contributed by atoms with Crippen LogP contribution < -0.4 is 10.2 Å². The number of thiophene rings is 1. The number of hydrogen-bond acceptors (Lipinski definition) is 5. The van der Waals surface area contributed by atoms with Crippen LogP contribution in [0.2, 0.25) is 0 Å². The number of imidazole rings is 1. The van der Waals surface area contributed by atoms with Crippen molar-refractivity contribution < 1.29 is 4.79 Å². The number of fused-ring (bicyclic) bond motifs is 1. The smallest absolute Gasteiger partial charge is 0.261 e. The first-order chi connectivity index (χ1) is 13.5. The number of benzene rings is 1. The third-order valence-electron chi connectivity index (χ3n) is 5.15. The lowest BCUT2D eigenvalue weighted by Gasteiger charge is -2.15. The molecule has 2 aromatic heterocycles. The number of carbonyl (C=O) groups is 1. The number of anilines is 1. The molecule has 1 aliphatic rings. The van der Waals surface area contributed by atoms with Crippen LogP contribution in [-0.2, 0) is 0 Å². The lowest BCUT2D eigenvalue weighted by atomic mass is 10.2. The largest absolute Gasteiger partial charge is 0.350 e. The fourth-order valence-corrected chi connectivity index (χ4v) is 4.65. The second kappa shape index (κ2) is 7.93. The van der Waals surface area contributed by atoms with Crippen LogP contribution >= 0.6 is 11.3 Å². The van der Waals surface area contributed by atoms with Gasteiger partial charge in [-0.05, 0) is 51.1 Å². The molecule has 1 amide bonds. The van der Waals surface area contributed by atoms with Gasteiger partial charge in [-0.3, -0.25) is 9.36 Å². The summed E-state index contributed by atoms with van der Waals surface area (Å²) in [6.45, 7) is 5.99. The Morgan fingerprint density at radius 1 is 1.21 bits per heavy atom. The maximum absolute atomic E-state index is 12.6. The molecule has 1 aliphatic heterocycles. The monoisotopic (exact) mass is 397 g/mol. The molecule has 148 valence electrons. The van der Waals surface area contributed by atoms with Crippen molar-refractivity contribution in [1.29, 1.82) is 0 Å². The number of rotatable bonds is 6. The molecule has 0 aliphatic carbocycles. The fourth-order valence-electron chi connectivity index (χ4n) is 3.62. The molecule has 1 fully saturated rings. The van der Waals surface area contributed by atoms with E-state index in [2.05, 4.69) is 46.0 Å². The van der Waals surface area contributed by atoms with E-state index in [0.29, 0.717) is 11.4 Å². The molecule has 0 bridgehead atoms. The lowest BCUT2D eigenvalue weighted by molar-refractivity contribution is 0.0954. The Morgan fingerprint density at radius 3 is 2.61 bits per heavy atom. The van der Waals surface area contributed by atoms with Crippen LogP contribution in [0.5, 0.6) is 0 Å². The summed E-state index contributed by atoms with van der Waals surface area (Å²) in [6, 6.07) is 10.3. The van der Waals surface area contributed by atoms with Gasteiger partial charge in [0.05, 0.1) is 4.88 Å². The summed E-state index contributed by atoms with van der Waals surface area (Å²) >= 11 is 1.50. The van der Waals surface area contributed by atoms with E-state index in [1.807, 2.05) is 25.1 Å². The number of likely N-dealkylation sites (tertiary alicyclic amines) is 1. The van der Waals surface area contributed by atoms with Crippen molar-refractivity contribution in [1.82, 2.24) is 19.8 Å². The van der Waals surface area contributed by atoms with Gasteiger partial charge in [0.25, 0.3) is 5.91 Å². The molecule has 0 spiro atoms. The maximum Gasteiger partial charge on any atom is 0.261 e. The Morgan fingerprint density at radius 2 is 1.93 bits per heavy atom. The SMILES string of the molecule is Cc1ccc(-n2c(N(C)C)nc3cc(C(=O)NCCN4CCCC4)sc32)cc1. The molecular weight excluding hydrogens is 370 g/mol. The van der Waals surface area contributed by atoms with Gasteiger partial charge in [0, 0.05) is 32.9 Å². The molecule has 0 radical (unpaired) electrons. The quantitative estimate of drug-likeness (QED) is 0.694. The van der Waals surface area contributed by atoms with E-state index in [9.17, 15) is 4.79 Å². The molecule has 28 heavy (non-hydrogen) atoms. The van der Waals surface area contributed by atoms with Crippen LogP contribution in [0.4, 0.5) is 5.95 Å². The Hall–Kier alpha value is -2.38. The Bertz CT molecular complexity index is 967. The Kier molecular flexibility index (Phi) is 5.37. The minimum absolute atomic E-state index is 0.0101. The Labute approximate surface area is 169 Å². The highest BCUT2D eigenvalue weighted by molar-refractivity contribution is 7.20. The van der Waals surface area contributed by atoms with E-state index in [1.165, 1.54) is 29.7 Å². The lowest BCUT2D eigenvalue weighted by Crippen LogP contribution is -2.33. The van der Waals surface area contributed by atoms with Crippen LogP contribution in [0, 0.1) is 6.92 Å². The van der Waals surface area contributed by atoms with Crippen molar-refractivity contribution in [3.63, 3.8) is 0 Å². The average Bonchev–Trinajstić information content (AvgIpc) is 3.38. The third-order valence-corrected chi connectivity index (χ3v) is 6.25. The summed E-state index contributed by atoms with van der Waals surface area (Å²) in [4.78, 5) is 23.5. The van der Waals surface area contributed by atoms with Gasteiger partial charge in [-0.1, -0.05) is 17.7 Å². The van der Waals surface area contributed by atoms with Crippen molar-refractivity contribution in [3.8, 4) is 5.69 Å². The number of amides is 1. The first kappa shape index (κ1) is 19.0. The molecule has 1 N–H and O–H groups in total. The summed E-state index contributed by atoms with van der Waals surface area (Å²) in [5, 5.41) is 3.06. The summed E-state index contributed by atoms with van der Waals surface area (Å²) in [6.07, 6.45) is 2.54. The van der Waals surface area contributed by atoms with Crippen LogP contribution in [0.1, 0.15) is 28.1 Å². The van der Waals surface area contributed by atoms with Gasteiger partial charge in [0.15, 0.2) is 0 Å². The number of carbonyl (C=O) groups excluding carboxylic acids is 1. The minimum atomic E-state index is -0.0101. The number of aryl methyl sites for hydroxylation is 1. The molecule has 0 unspecified atom stereocenters. The predicted molar refractivity (Wildman–Crippen MR) is 116 cm³/mol. The topological polar surface area (TPSA) is 53.4 Å². The zero-order chi connectivity index (χ0) is 19.7. The standard InChI is InChI=1S/C21H27N5OS/c1-15-6-8-16(9-7-15)26-20-17(23-21(26)24(2)3)14-18(28-20)19(27)22-10-13-25-11-4-5-12-25/h6-9,14H,4-5,10-13H2,1-3H3,(H,22,27). The van der Waals surface area contributed by atoms with Crippen molar-refractivity contribution in [2.75, 3.05) is 45.2 Å². The van der Waals surface area contributed by atoms with Gasteiger partial charge in [0.2, 0.25) is 5.95 Å². The molecule has 6 nitrogen and oxygen atoms in total. The fraction of sp³-hybridized carbons (Fsp3) is 0.429. The van der Waals surface area contributed by atoms with Gasteiger partial charge in [0.1, 0.15) is 10.3 Å². The highest BCUT2D eigenvalue weighted by Crippen LogP contribution is 2.32. The normalized spacial score (nSPS) is 14.7. The van der Waals surface area contributed by atoms with Crippen LogP contribution in [-0.4, -0.2) is 60.6 Å². The van der Waals surface area contributed by atoms with Gasteiger partial charge >= 0.3 is 0 Å². The van der Waals surface area contributed by atoms with Crippen molar-refractivity contribution >= 4 is 33.5 Å². The van der Waals surface area contributed by atoms with Gasteiger partial charge < -0.3 is 15.1 Å². The van der Waals surface area contributed by atoms with Crippen LogP contribution in [0.25, 0.3) is 16.0 Å². The van der Waals surface area contributed by atoms with E-state index in [1.54, 1.807) is 0 Å². The highest BCUT2D eigenvalue weighted by Gasteiger charge is 2.20. The van der Waals surface area contributed by atoms with E-state index < -0.39 is 0 Å². The predicted octanol–water partition coefficient (Wildman–Crippen LogP) is 3.29. The Balaban J connectivity index is 1.58. The van der Waals surface area contributed by atoms with E-state index in [4.69, 9.17) is 4.98 Å². The summed E-state index contributed by atoms with van der Waals surface area (Å²) in [5.41, 5.74) is 3.13. The number of aromatic nitrogens is 2. The van der Waals surface area contributed by atoms with Crippen molar-refractivity contribution in [2.45, 2.75) is 19.8 Å². The van der Waals surface area contributed by atoms with E-state index in [0.717, 1.165) is 41.6 Å². The first-order valence-corrected chi connectivity index (χ1v) is 10.6.